The largest absolute Gasteiger partial charge is 0.504 e. The van der Waals surface area contributed by atoms with Gasteiger partial charge in [-0.15, -0.1) is 0 Å². The van der Waals surface area contributed by atoms with Crippen LogP contribution in [0.15, 0.2) is 45.7 Å². The molecule has 0 saturated heterocycles. The van der Waals surface area contributed by atoms with E-state index in [0.29, 0.717) is 20.8 Å². The van der Waals surface area contributed by atoms with Gasteiger partial charge in [0.25, 0.3) is 5.56 Å². The Morgan fingerprint density at radius 2 is 2.12 bits per heavy atom. The molecule has 1 N–H and O–H groups in total. The van der Waals surface area contributed by atoms with Crippen molar-refractivity contribution in [2.24, 2.45) is 0 Å². The van der Waals surface area contributed by atoms with E-state index in [2.05, 4.69) is 20.9 Å². The number of halogens is 1. The topological polar surface area (TPSA) is 63.8 Å². The molecule has 2 aromatic heterocycles. The molecule has 0 radical (unpaired) electrons. The predicted octanol–water partition coefficient (Wildman–Crippen LogP) is 2.93. The second-order valence-electron chi connectivity index (χ2n) is 5.18. The standard InChI is InChI=1S/C17H11BrN2O3S/c1-23-13-8-10(18)6-9(15(13)21)7-14-16(22)20-12-5-3-2-4-11(12)19-17(20)24-14/h2-8,21H,1H3/b14-7+. The molecule has 2 aromatic carbocycles. The molecule has 0 unspecified atom stereocenters. The van der Waals surface area contributed by atoms with Crippen molar-refractivity contribution in [1.82, 2.24) is 9.38 Å². The quantitative estimate of drug-likeness (QED) is 0.559. The third-order valence-electron chi connectivity index (χ3n) is 3.72. The van der Waals surface area contributed by atoms with Gasteiger partial charge >= 0.3 is 0 Å². The summed E-state index contributed by atoms with van der Waals surface area (Å²) in [6, 6.07) is 10.9. The van der Waals surface area contributed by atoms with Crippen molar-refractivity contribution in [3.05, 3.63) is 61.3 Å². The normalized spacial score (nSPS) is 12.3. The van der Waals surface area contributed by atoms with Crippen LogP contribution in [-0.2, 0) is 0 Å². The molecule has 5 nitrogen and oxygen atoms in total. The van der Waals surface area contributed by atoms with E-state index in [1.165, 1.54) is 18.4 Å². The zero-order valence-electron chi connectivity index (χ0n) is 12.5. The molecule has 0 saturated carbocycles. The van der Waals surface area contributed by atoms with Crippen LogP contribution in [-0.4, -0.2) is 21.6 Å². The van der Waals surface area contributed by atoms with Gasteiger partial charge < -0.3 is 9.84 Å². The SMILES string of the molecule is COc1cc(Br)cc(/C=c2/sc3nc4ccccc4n3c2=O)c1O. The van der Waals surface area contributed by atoms with Crippen LogP contribution in [0.5, 0.6) is 11.5 Å². The Kier molecular flexibility index (Phi) is 3.54. The van der Waals surface area contributed by atoms with Crippen LogP contribution in [0.4, 0.5) is 0 Å². The predicted molar refractivity (Wildman–Crippen MR) is 98.0 cm³/mol. The number of para-hydroxylation sites is 2. The van der Waals surface area contributed by atoms with E-state index in [4.69, 9.17) is 4.74 Å². The first-order valence-corrected chi connectivity index (χ1v) is 8.67. The van der Waals surface area contributed by atoms with E-state index in [-0.39, 0.29) is 11.3 Å². The number of phenols is 1. The van der Waals surface area contributed by atoms with Gasteiger partial charge in [-0.3, -0.25) is 4.79 Å². The number of fused-ring (bicyclic) bond motifs is 3. The van der Waals surface area contributed by atoms with Gasteiger partial charge in [0.2, 0.25) is 0 Å². The van der Waals surface area contributed by atoms with Gasteiger partial charge in [-0.05, 0) is 30.3 Å². The molecule has 0 amide bonds. The fourth-order valence-corrected chi connectivity index (χ4v) is 4.05. The number of imidazole rings is 1. The van der Waals surface area contributed by atoms with Crippen molar-refractivity contribution in [3.8, 4) is 11.5 Å². The molecule has 24 heavy (non-hydrogen) atoms. The summed E-state index contributed by atoms with van der Waals surface area (Å²) in [6.45, 7) is 0. The smallest absolute Gasteiger partial charge is 0.274 e. The van der Waals surface area contributed by atoms with Gasteiger partial charge in [0.1, 0.15) is 0 Å². The minimum Gasteiger partial charge on any atom is -0.504 e. The first-order chi connectivity index (χ1) is 11.6. The lowest BCUT2D eigenvalue weighted by atomic mass is 10.2. The summed E-state index contributed by atoms with van der Waals surface area (Å²) >= 11 is 4.67. The lowest BCUT2D eigenvalue weighted by molar-refractivity contribution is 0.372. The second-order valence-corrected chi connectivity index (χ2v) is 7.10. The lowest BCUT2D eigenvalue weighted by Crippen LogP contribution is -2.22. The molecule has 7 heteroatoms. The van der Waals surface area contributed by atoms with Crippen LogP contribution in [0, 0.1) is 0 Å². The third-order valence-corrected chi connectivity index (χ3v) is 5.15. The van der Waals surface area contributed by atoms with Crippen LogP contribution < -0.4 is 14.8 Å². The molecule has 0 aliphatic heterocycles. The van der Waals surface area contributed by atoms with Crippen LogP contribution in [0.3, 0.4) is 0 Å². The number of hydrogen-bond donors (Lipinski definition) is 1. The maximum absolute atomic E-state index is 12.7. The number of aromatic nitrogens is 2. The molecule has 4 rings (SSSR count). The highest BCUT2D eigenvalue weighted by Crippen LogP contribution is 2.34. The number of rotatable bonds is 2. The molecule has 0 aliphatic carbocycles. The minimum absolute atomic E-state index is 0.00371. The fourth-order valence-electron chi connectivity index (χ4n) is 2.61. The van der Waals surface area contributed by atoms with Crippen LogP contribution in [0.2, 0.25) is 0 Å². The Bertz CT molecular complexity index is 1200. The maximum atomic E-state index is 12.7. The molecular formula is C17H11BrN2O3S. The molecular weight excluding hydrogens is 392 g/mol. The number of nitrogens with zero attached hydrogens (tertiary/aromatic N) is 2. The average molecular weight is 403 g/mol. The number of benzene rings is 2. The number of methoxy groups -OCH3 is 1. The monoisotopic (exact) mass is 402 g/mol. The Balaban J connectivity index is 2.01. The molecule has 0 atom stereocenters. The third kappa shape index (κ3) is 2.28. The van der Waals surface area contributed by atoms with E-state index in [9.17, 15) is 9.90 Å². The van der Waals surface area contributed by atoms with Crippen molar-refractivity contribution in [2.45, 2.75) is 0 Å². The first kappa shape index (κ1) is 15.2. The number of phenolic OH excluding ortho intramolecular Hbond substituents is 1. The zero-order valence-corrected chi connectivity index (χ0v) is 14.9. The van der Waals surface area contributed by atoms with Crippen LogP contribution in [0.1, 0.15) is 5.56 Å². The van der Waals surface area contributed by atoms with E-state index in [1.54, 1.807) is 22.6 Å². The van der Waals surface area contributed by atoms with Gasteiger partial charge in [-0.2, -0.15) is 0 Å². The summed E-state index contributed by atoms with van der Waals surface area (Å²) in [6.07, 6.45) is 1.65. The lowest BCUT2D eigenvalue weighted by Gasteiger charge is -2.06. The van der Waals surface area contributed by atoms with E-state index in [1.807, 2.05) is 24.3 Å². The van der Waals surface area contributed by atoms with Crippen LogP contribution in [0.25, 0.3) is 22.1 Å². The first-order valence-electron chi connectivity index (χ1n) is 7.06. The molecule has 0 aliphatic rings. The summed E-state index contributed by atoms with van der Waals surface area (Å²) in [4.78, 5) is 17.8. The van der Waals surface area contributed by atoms with Gasteiger partial charge in [0.15, 0.2) is 16.5 Å². The van der Waals surface area contributed by atoms with E-state index >= 15 is 0 Å². The molecule has 2 heterocycles. The summed E-state index contributed by atoms with van der Waals surface area (Å²) in [5, 5.41) is 10.3. The summed E-state index contributed by atoms with van der Waals surface area (Å²) < 4.78 is 7.99. The number of thiazole rings is 1. The van der Waals surface area contributed by atoms with Crippen molar-refractivity contribution < 1.29 is 9.84 Å². The van der Waals surface area contributed by atoms with Gasteiger partial charge in [-0.25, -0.2) is 9.38 Å². The average Bonchev–Trinajstić information content (AvgIpc) is 3.07. The van der Waals surface area contributed by atoms with E-state index < -0.39 is 0 Å². The highest BCUT2D eigenvalue weighted by atomic mass is 79.9. The van der Waals surface area contributed by atoms with Crippen molar-refractivity contribution >= 4 is 49.3 Å². The fraction of sp³-hybridized carbons (Fsp3) is 0.0588. The summed E-state index contributed by atoms with van der Waals surface area (Å²) in [5.41, 5.74) is 1.93. The molecule has 4 aromatic rings. The van der Waals surface area contributed by atoms with Gasteiger partial charge in [-0.1, -0.05) is 39.4 Å². The van der Waals surface area contributed by atoms with Crippen LogP contribution >= 0.6 is 27.3 Å². The number of aromatic hydroxyl groups is 1. The molecule has 0 fully saturated rings. The van der Waals surface area contributed by atoms with Gasteiger partial charge in [0.05, 0.1) is 22.7 Å². The van der Waals surface area contributed by atoms with Gasteiger partial charge in [0, 0.05) is 10.0 Å². The summed E-state index contributed by atoms with van der Waals surface area (Å²) in [7, 11) is 1.48. The Hall–Kier alpha value is -2.38. The number of hydrogen-bond acceptors (Lipinski definition) is 5. The Morgan fingerprint density at radius 1 is 1.33 bits per heavy atom. The Morgan fingerprint density at radius 3 is 2.92 bits per heavy atom. The molecule has 120 valence electrons. The number of ether oxygens (including phenoxy) is 1. The van der Waals surface area contributed by atoms with Crippen molar-refractivity contribution in [1.29, 1.82) is 0 Å². The van der Waals surface area contributed by atoms with E-state index in [0.717, 1.165) is 15.5 Å². The second kappa shape index (κ2) is 5.61. The van der Waals surface area contributed by atoms with Crippen molar-refractivity contribution in [3.63, 3.8) is 0 Å². The maximum Gasteiger partial charge on any atom is 0.274 e. The Labute approximate surface area is 148 Å². The highest BCUT2D eigenvalue weighted by molar-refractivity contribution is 9.10. The minimum atomic E-state index is -0.151. The molecule has 0 bridgehead atoms. The summed E-state index contributed by atoms with van der Waals surface area (Å²) in [5.74, 6) is 0.339. The highest BCUT2D eigenvalue weighted by Gasteiger charge is 2.12. The molecule has 0 spiro atoms. The van der Waals surface area contributed by atoms with Crippen molar-refractivity contribution in [2.75, 3.05) is 7.11 Å². The zero-order chi connectivity index (χ0) is 16.8.